The zero-order valence-corrected chi connectivity index (χ0v) is 19.3. The number of phenolic OH excluding ortho intramolecular Hbond substituents is 1. The SMILES string of the molecule is COc1cc(C)c(/C(O)=C2\C(=O)C(=O)N(C3CCCC3)C2c2ccc(OC)c(O)c2)cc1C. The van der Waals surface area contributed by atoms with E-state index in [0.717, 1.165) is 36.8 Å². The van der Waals surface area contributed by atoms with Crippen molar-refractivity contribution in [2.45, 2.75) is 51.6 Å². The molecule has 2 aliphatic rings. The molecule has 1 aliphatic carbocycles. The predicted molar refractivity (Wildman–Crippen MR) is 124 cm³/mol. The van der Waals surface area contributed by atoms with Crippen LogP contribution in [0.25, 0.3) is 5.76 Å². The van der Waals surface area contributed by atoms with Crippen LogP contribution in [0.2, 0.25) is 0 Å². The van der Waals surface area contributed by atoms with Crippen molar-refractivity contribution in [3.8, 4) is 17.2 Å². The van der Waals surface area contributed by atoms with Crippen LogP contribution in [0.1, 0.15) is 54.0 Å². The summed E-state index contributed by atoms with van der Waals surface area (Å²) in [5.74, 6) is -0.689. The van der Waals surface area contributed by atoms with Crippen LogP contribution in [0.3, 0.4) is 0 Å². The Morgan fingerprint density at radius 3 is 2.24 bits per heavy atom. The van der Waals surface area contributed by atoms with Crippen LogP contribution in [0.5, 0.6) is 17.2 Å². The van der Waals surface area contributed by atoms with Crippen molar-refractivity contribution in [3.05, 3.63) is 58.2 Å². The average molecular weight is 452 g/mol. The second kappa shape index (κ2) is 8.81. The molecule has 0 bridgehead atoms. The standard InChI is InChI=1S/C26H29NO6/c1-14-12-21(33-4)15(2)11-18(14)24(29)22-23(16-9-10-20(32-3)19(28)13-16)27(26(31)25(22)30)17-7-5-6-8-17/h9-13,17,23,28-29H,5-8H2,1-4H3/b24-22+. The van der Waals surface area contributed by atoms with Crippen molar-refractivity contribution in [2.24, 2.45) is 0 Å². The second-order valence-corrected chi connectivity index (χ2v) is 8.71. The molecule has 1 heterocycles. The van der Waals surface area contributed by atoms with Gasteiger partial charge in [0.25, 0.3) is 11.7 Å². The minimum Gasteiger partial charge on any atom is -0.507 e. The van der Waals surface area contributed by atoms with Crippen molar-refractivity contribution in [1.82, 2.24) is 4.90 Å². The number of ketones is 1. The molecule has 1 unspecified atom stereocenters. The summed E-state index contributed by atoms with van der Waals surface area (Å²) >= 11 is 0. The third-order valence-electron chi connectivity index (χ3n) is 6.71. The number of carbonyl (C=O) groups is 2. The van der Waals surface area contributed by atoms with Gasteiger partial charge in [0.15, 0.2) is 11.5 Å². The summed E-state index contributed by atoms with van der Waals surface area (Å²) in [5.41, 5.74) is 2.57. The molecule has 2 N–H and O–H groups in total. The van der Waals surface area contributed by atoms with Crippen LogP contribution in [0.4, 0.5) is 0 Å². The number of rotatable bonds is 5. The van der Waals surface area contributed by atoms with E-state index < -0.39 is 17.7 Å². The van der Waals surface area contributed by atoms with Gasteiger partial charge >= 0.3 is 0 Å². The Kier molecular flexibility index (Phi) is 6.06. The van der Waals surface area contributed by atoms with Gasteiger partial charge in [-0.15, -0.1) is 0 Å². The Hall–Kier alpha value is -3.48. The number of carbonyl (C=O) groups excluding carboxylic acids is 2. The summed E-state index contributed by atoms with van der Waals surface area (Å²) in [6.07, 6.45) is 3.55. The number of aliphatic hydroxyl groups excluding tert-OH is 1. The number of benzene rings is 2. The smallest absolute Gasteiger partial charge is 0.295 e. The third kappa shape index (κ3) is 3.81. The van der Waals surface area contributed by atoms with Gasteiger partial charge < -0.3 is 24.6 Å². The maximum Gasteiger partial charge on any atom is 0.295 e. The highest BCUT2D eigenvalue weighted by molar-refractivity contribution is 6.46. The number of aliphatic hydroxyl groups is 1. The molecule has 4 rings (SSSR count). The Labute approximate surface area is 193 Å². The number of likely N-dealkylation sites (tertiary alicyclic amines) is 1. The quantitative estimate of drug-likeness (QED) is 0.398. The number of methoxy groups -OCH3 is 2. The molecule has 1 amide bonds. The second-order valence-electron chi connectivity index (χ2n) is 8.71. The third-order valence-corrected chi connectivity index (χ3v) is 6.71. The molecule has 174 valence electrons. The van der Waals surface area contributed by atoms with Crippen LogP contribution in [-0.2, 0) is 9.59 Å². The number of phenols is 1. The molecule has 2 aromatic rings. The molecule has 2 aromatic carbocycles. The number of Topliss-reactive ketones (excluding diaryl/α,β-unsaturated/α-hetero) is 1. The summed E-state index contributed by atoms with van der Waals surface area (Å²) in [4.78, 5) is 28.1. The Morgan fingerprint density at radius 1 is 0.970 bits per heavy atom. The van der Waals surface area contributed by atoms with Gasteiger partial charge in [-0.3, -0.25) is 9.59 Å². The summed E-state index contributed by atoms with van der Waals surface area (Å²) in [6, 6.07) is 7.47. The van der Waals surface area contributed by atoms with Crippen LogP contribution in [-0.4, -0.2) is 47.1 Å². The van der Waals surface area contributed by atoms with Gasteiger partial charge in [-0.25, -0.2) is 0 Å². The van der Waals surface area contributed by atoms with E-state index in [4.69, 9.17) is 9.47 Å². The number of hydrogen-bond acceptors (Lipinski definition) is 6. The molecule has 1 atom stereocenters. The maximum atomic E-state index is 13.3. The molecular formula is C26H29NO6. The first-order valence-electron chi connectivity index (χ1n) is 11.1. The Bertz CT molecular complexity index is 1150. The van der Waals surface area contributed by atoms with Gasteiger partial charge in [-0.05, 0) is 67.6 Å². The molecular weight excluding hydrogens is 422 g/mol. The van der Waals surface area contributed by atoms with Crippen molar-refractivity contribution in [2.75, 3.05) is 14.2 Å². The largest absolute Gasteiger partial charge is 0.507 e. The van der Waals surface area contributed by atoms with E-state index in [1.165, 1.54) is 13.2 Å². The van der Waals surface area contributed by atoms with Crippen LogP contribution in [0.15, 0.2) is 35.9 Å². The predicted octanol–water partition coefficient (Wildman–Crippen LogP) is 4.39. The van der Waals surface area contributed by atoms with Gasteiger partial charge in [-0.2, -0.15) is 0 Å². The lowest BCUT2D eigenvalue weighted by molar-refractivity contribution is -0.141. The van der Waals surface area contributed by atoms with Gasteiger partial charge in [0.2, 0.25) is 0 Å². The average Bonchev–Trinajstić information content (AvgIpc) is 3.41. The molecule has 0 radical (unpaired) electrons. The van der Waals surface area contributed by atoms with Crippen molar-refractivity contribution < 1.29 is 29.3 Å². The first-order valence-corrected chi connectivity index (χ1v) is 11.1. The molecule has 33 heavy (non-hydrogen) atoms. The summed E-state index contributed by atoms with van der Waals surface area (Å²) in [6.45, 7) is 3.67. The summed E-state index contributed by atoms with van der Waals surface area (Å²) < 4.78 is 10.5. The van der Waals surface area contributed by atoms with E-state index >= 15 is 0 Å². The van der Waals surface area contributed by atoms with Gasteiger partial charge in [-0.1, -0.05) is 18.9 Å². The first-order chi connectivity index (χ1) is 15.8. The van der Waals surface area contributed by atoms with Crippen LogP contribution >= 0.6 is 0 Å². The molecule has 2 fully saturated rings. The molecule has 1 saturated carbocycles. The van der Waals surface area contributed by atoms with Crippen LogP contribution in [0, 0.1) is 13.8 Å². The molecule has 1 aliphatic heterocycles. The topological polar surface area (TPSA) is 96.3 Å². The van der Waals surface area contributed by atoms with E-state index in [2.05, 4.69) is 0 Å². The number of ether oxygens (including phenoxy) is 2. The Morgan fingerprint density at radius 2 is 1.64 bits per heavy atom. The molecule has 0 spiro atoms. The number of nitrogens with zero attached hydrogens (tertiary/aromatic N) is 1. The fourth-order valence-corrected chi connectivity index (χ4v) is 5.02. The maximum absolute atomic E-state index is 13.3. The zero-order chi connectivity index (χ0) is 23.9. The molecule has 7 nitrogen and oxygen atoms in total. The molecule has 0 aromatic heterocycles. The van der Waals surface area contributed by atoms with Crippen molar-refractivity contribution in [3.63, 3.8) is 0 Å². The minimum atomic E-state index is -0.799. The monoisotopic (exact) mass is 451 g/mol. The lowest BCUT2D eigenvalue weighted by Gasteiger charge is -2.31. The van der Waals surface area contributed by atoms with E-state index in [9.17, 15) is 19.8 Å². The van der Waals surface area contributed by atoms with Gasteiger partial charge in [0.05, 0.1) is 25.8 Å². The van der Waals surface area contributed by atoms with Crippen LogP contribution < -0.4 is 9.47 Å². The lowest BCUT2D eigenvalue weighted by atomic mass is 9.92. The fourth-order valence-electron chi connectivity index (χ4n) is 5.02. The lowest BCUT2D eigenvalue weighted by Crippen LogP contribution is -2.37. The van der Waals surface area contributed by atoms with Crippen molar-refractivity contribution >= 4 is 17.4 Å². The zero-order valence-electron chi connectivity index (χ0n) is 19.3. The number of amides is 1. The minimum absolute atomic E-state index is 0.0316. The number of aromatic hydroxyl groups is 1. The number of aryl methyl sites for hydroxylation is 2. The summed E-state index contributed by atoms with van der Waals surface area (Å²) in [5, 5.41) is 21.8. The van der Waals surface area contributed by atoms with E-state index in [1.807, 2.05) is 13.8 Å². The Balaban J connectivity index is 1.93. The number of hydrogen-bond donors (Lipinski definition) is 2. The summed E-state index contributed by atoms with van der Waals surface area (Å²) in [7, 11) is 3.03. The first kappa shape index (κ1) is 22.7. The van der Waals surface area contributed by atoms with E-state index in [0.29, 0.717) is 16.9 Å². The molecule has 7 heteroatoms. The highest BCUT2D eigenvalue weighted by Crippen LogP contribution is 2.45. The van der Waals surface area contributed by atoms with E-state index in [-0.39, 0.29) is 28.9 Å². The highest BCUT2D eigenvalue weighted by atomic mass is 16.5. The molecule has 1 saturated heterocycles. The fraction of sp³-hybridized carbons (Fsp3) is 0.385. The van der Waals surface area contributed by atoms with E-state index in [1.54, 1.807) is 36.3 Å². The normalized spacial score (nSPS) is 20.5. The highest BCUT2D eigenvalue weighted by Gasteiger charge is 2.49. The van der Waals surface area contributed by atoms with Crippen molar-refractivity contribution in [1.29, 1.82) is 0 Å². The van der Waals surface area contributed by atoms with Gasteiger partial charge in [0.1, 0.15) is 11.5 Å². The van der Waals surface area contributed by atoms with Gasteiger partial charge in [0, 0.05) is 11.6 Å².